The molecule has 18 heavy (non-hydrogen) atoms. The molecule has 0 saturated heterocycles. The first kappa shape index (κ1) is 14.6. The molecule has 7 nitrogen and oxygen atoms in total. The molecule has 0 amide bonds. The summed E-state index contributed by atoms with van der Waals surface area (Å²) in [6.45, 7) is 5.71. The number of hydrogen-bond acceptors (Lipinski definition) is 5. The number of rotatable bonds is 10. The summed E-state index contributed by atoms with van der Waals surface area (Å²) in [6.07, 6.45) is 3.66. The zero-order valence-electron chi connectivity index (χ0n) is 10.6. The van der Waals surface area contributed by atoms with E-state index in [1.54, 1.807) is 0 Å². The van der Waals surface area contributed by atoms with Crippen LogP contribution in [-0.4, -0.2) is 52.4 Å². The maximum absolute atomic E-state index is 10.6. The summed E-state index contributed by atoms with van der Waals surface area (Å²) in [4.78, 5) is 10.6. The number of nitrogens with zero attached hydrogens (tertiary/aromatic N) is 3. The minimum absolute atomic E-state index is 0.0297. The predicted molar refractivity (Wildman–Crippen MR) is 65.6 cm³/mol. The van der Waals surface area contributed by atoms with Gasteiger partial charge >= 0.3 is 5.97 Å². The third-order valence-corrected chi connectivity index (χ3v) is 2.34. The number of carbonyl (C=O) groups is 1. The van der Waals surface area contributed by atoms with Crippen molar-refractivity contribution >= 4 is 5.97 Å². The molecule has 1 heterocycles. The highest BCUT2D eigenvalue weighted by Crippen LogP contribution is 1.91. The van der Waals surface area contributed by atoms with Crippen molar-refractivity contribution in [2.45, 2.75) is 26.3 Å². The first-order valence-electron chi connectivity index (χ1n) is 6.16. The number of hydrogen-bond donors (Lipinski definition) is 2. The van der Waals surface area contributed by atoms with Gasteiger partial charge in [0, 0.05) is 19.7 Å². The van der Waals surface area contributed by atoms with Crippen molar-refractivity contribution in [3.8, 4) is 0 Å². The van der Waals surface area contributed by atoms with Gasteiger partial charge in [0.1, 0.15) is 0 Å². The normalized spacial score (nSPS) is 10.7. The quantitative estimate of drug-likeness (QED) is 0.588. The van der Waals surface area contributed by atoms with Crippen LogP contribution in [0.1, 0.15) is 30.3 Å². The van der Waals surface area contributed by atoms with Crippen LogP contribution in [-0.2, 0) is 11.3 Å². The van der Waals surface area contributed by atoms with E-state index in [-0.39, 0.29) is 5.69 Å². The van der Waals surface area contributed by atoms with E-state index in [1.807, 2.05) is 0 Å². The molecule has 7 heteroatoms. The number of unbranched alkanes of at least 4 members (excludes halogenated alkanes) is 1. The van der Waals surface area contributed by atoms with Gasteiger partial charge in [-0.3, -0.25) is 4.68 Å². The Bertz CT molecular complexity index is 354. The third-order valence-electron chi connectivity index (χ3n) is 2.34. The van der Waals surface area contributed by atoms with Crippen LogP contribution >= 0.6 is 0 Å². The van der Waals surface area contributed by atoms with E-state index >= 15 is 0 Å². The van der Waals surface area contributed by atoms with Crippen molar-refractivity contribution in [2.75, 3.05) is 26.3 Å². The van der Waals surface area contributed by atoms with Crippen molar-refractivity contribution in [3.63, 3.8) is 0 Å². The molecule has 0 saturated carbocycles. The molecule has 0 radical (unpaired) electrons. The van der Waals surface area contributed by atoms with Crippen molar-refractivity contribution in [3.05, 3.63) is 11.9 Å². The summed E-state index contributed by atoms with van der Waals surface area (Å²) in [6, 6.07) is 0. The summed E-state index contributed by atoms with van der Waals surface area (Å²) in [5, 5.41) is 19.1. The van der Waals surface area contributed by atoms with Gasteiger partial charge in [-0.05, 0) is 6.42 Å². The fourth-order valence-electron chi connectivity index (χ4n) is 1.32. The van der Waals surface area contributed by atoms with E-state index in [0.717, 1.165) is 26.0 Å². The van der Waals surface area contributed by atoms with Crippen molar-refractivity contribution in [2.24, 2.45) is 0 Å². The highest BCUT2D eigenvalue weighted by atomic mass is 16.5. The molecule has 0 fully saturated rings. The van der Waals surface area contributed by atoms with Crippen LogP contribution in [0.5, 0.6) is 0 Å². The lowest BCUT2D eigenvalue weighted by molar-refractivity contribution is 0.0690. The highest BCUT2D eigenvalue weighted by molar-refractivity contribution is 5.84. The van der Waals surface area contributed by atoms with E-state index in [4.69, 9.17) is 9.84 Å². The summed E-state index contributed by atoms with van der Waals surface area (Å²) in [5.74, 6) is -1.06. The molecule has 0 aliphatic heterocycles. The Morgan fingerprint density at radius 1 is 1.50 bits per heavy atom. The minimum Gasteiger partial charge on any atom is -0.476 e. The molecular formula is C11H20N4O3. The second-order valence-corrected chi connectivity index (χ2v) is 3.89. The zero-order chi connectivity index (χ0) is 13.2. The minimum atomic E-state index is -1.06. The summed E-state index contributed by atoms with van der Waals surface area (Å²) >= 11 is 0. The molecule has 102 valence electrons. The van der Waals surface area contributed by atoms with Crippen LogP contribution in [0, 0.1) is 0 Å². The van der Waals surface area contributed by atoms with Crippen molar-refractivity contribution in [1.29, 1.82) is 0 Å². The van der Waals surface area contributed by atoms with Gasteiger partial charge in [-0.1, -0.05) is 18.6 Å². The molecule has 2 N–H and O–H groups in total. The van der Waals surface area contributed by atoms with Gasteiger partial charge in [0.15, 0.2) is 5.69 Å². The number of nitrogens with one attached hydrogen (secondary N) is 1. The Morgan fingerprint density at radius 2 is 2.33 bits per heavy atom. The van der Waals surface area contributed by atoms with E-state index in [2.05, 4.69) is 22.6 Å². The molecule has 0 atom stereocenters. The topological polar surface area (TPSA) is 89.3 Å². The fourth-order valence-corrected chi connectivity index (χ4v) is 1.32. The first-order chi connectivity index (χ1) is 8.74. The summed E-state index contributed by atoms with van der Waals surface area (Å²) in [7, 11) is 0. The smallest absolute Gasteiger partial charge is 0.358 e. The summed E-state index contributed by atoms with van der Waals surface area (Å²) < 4.78 is 6.90. The zero-order valence-corrected chi connectivity index (χ0v) is 10.6. The number of carboxylic acid groups (broad SMARTS) is 1. The van der Waals surface area contributed by atoms with Gasteiger partial charge in [-0.15, -0.1) is 5.10 Å². The molecular weight excluding hydrogens is 236 g/mol. The number of ether oxygens (including phenoxy) is 1. The highest BCUT2D eigenvalue weighted by Gasteiger charge is 2.07. The van der Waals surface area contributed by atoms with Gasteiger partial charge in [-0.25, -0.2) is 4.79 Å². The Balaban J connectivity index is 2.02. The van der Waals surface area contributed by atoms with Crippen molar-refractivity contribution < 1.29 is 14.6 Å². The molecule has 1 aromatic heterocycles. The number of aromatic carboxylic acids is 1. The standard InChI is InChI=1S/C11H20N4O3/c1-2-3-7-18-8-5-12-4-6-15-9-10(11(16)17)13-14-15/h9,12H,2-8H2,1H3,(H,16,17). The third kappa shape index (κ3) is 5.74. The fraction of sp³-hybridized carbons (Fsp3) is 0.727. The second-order valence-electron chi connectivity index (χ2n) is 3.89. The van der Waals surface area contributed by atoms with Crippen LogP contribution in [0.2, 0.25) is 0 Å². The van der Waals surface area contributed by atoms with E-state index in [0.29, 0.717) is 19.7 Å². The lowest BCUT2D eigenvalue weighted by Gasteiger charge is -2.05. The van der Waals surface area contributed by atoms with Crippen LogP contribution in [0.25, 0.3) is 0 Å². The van der Waals surface area contributed by atoms with Crippen LogP contribution < -0.4 is 5.32 Å². The SMILES string of the molecule is CCCCOCCNCCn1cc(C(=O)O)nn1. The second kappa shape index (κ2) is 8.60. The molecule has 0 aliphatic rings. The van der Waals surface area contributed by atoms with Gasteiger partial charge in [0.05, 0.1) is 19.3 Å². The van der Waals surface area contributed by atoms with E-state index in [9.17, 15) is 4.79 Å². The Labute approximate surface area is 106 Å². The van der Waals surface area contributed by atoms with E-state index < -0.39 is 5.97 Å². The molecule has 0 unspecified atom stereocenters. The average molecular weight is 256 g/mol. The molecule has 0 bridgehead atoms. The Morgan fingerprint density at radius 3 is 3.00 bits per heavy atom. The largest absolute Gasteiger partial charge is 0.476 e. The summed E-state index contributed by atoms with van der Waals surface area (Å²) in [5.41, 5.74) is -0.0297. The number of aromatic nitrogens is 3. The van der Waals surface area contributed by atoms with Gasteiger partial charge in [0.25, 0.3) is 0 Å². The first-order valence-corrected chi connectivity index (χ1v) is 6.16. The monoisotopic (exact) mass is 256 g/mol. The van der Waals surface area contributed by atoms with Gasteiger partial charge < -0.3 is 15.2 Å². The number of carboxylic acids is 1. The van der Waals surface area contributed by atoms with Crippen molar-refractivity contribution in [1.82, 2.24) is 20.3 Å². The van der Waals surface area contributed by atoms with Gasteiger partial charge in [-0.2, -0.15) is 0 Å². The maximum Gasteiger partial charge on any atom is 0.358 e. The Hall–Kier alpha value is -1.47. The molecule has 1 rings (SSSR count). The molecule has 1 aromatic rings. The predicted octanol–water partition coefficient (Wildman–Crippen LogP) is 0.383. The Kier molecular flexibility index (Phi) is 6.97. The molecule has 0 aliphatic carbocycles. The van der Waals surface area contributed by atoms with E-state index in [1.165, 1.54) is 10.9 Å². The maximum atomic E-state index is 10.6. The van der Waals surface area contributed by atoms with Crippen LogP contribution in [0.15, 0.2) is 6.20 Å². The average Bonchev–Trinajstić information content (AvgIpc) is 2.81. The van der Waals surface area contributed by atoms with Gasteiger partial charge in [0.2, 0.25) is 0 Å². The lowest BCUT2D eigenvalue weighted by Crippen LogP contribution is -2.24. The van der Waals surface area contributed by atoms with Crippen LogP contribution in [0.4, 0.5) is 0 Å². The molecule has 0 spiro atoms. The molecule has 0 aromatic carbocycles. The lowest BCUT2D eigenvalue weighted by atomic mass is 10.4. The van der Waals surface area contributed by atoms with Crippen LogP contribution in [0.3, 0.4) is 0 Å².